The number of aliphatic hydroxyl groups excluding tert-OH is 1. The van der Waals surface area contributed by atoms with E-state index in [0.29, 0.717) is 42.5 Å². The molecule has 7 nitrogen and oxygen atoms in total. The van der Waals surface area contributed by atoms with Crippen LogP contribution in [-0.4, -0.2) is 52.8 Å². The number of rotatable bonds is 10. The Balaban J connectivity index is 1.61. The Bertz CT molecular complexity index is 1290. The molecule has 0 spiro atoms. The third kappa shape index (κ3) is 5.78. The van der Waals surface area contributed by atoms with Crippen LogP contribution in [-0.2, 0) is 16.2 Å². The minimum atomic E-state index is -0.790. The molecular formula is C30H34N2O5. The molecule has 194 valence electrons. The average molecular weight is 503 g/mol. The number of nitrogens with zero attached hydrogens (tertiary/aromatic N) is 2. The first-order valence-corrected chi connectivity index (χ1v) is 12.7. The first kappa shape index (κ1) is 26.2. The molecule has 1 amide bonds. The van der Waals surface area contributed by atoms with Gasteiger partial charge >= 0.3 is 0 Å². The molecule has 0 bridgehead atoms. The number of carbonyl (C=O) groups excluding carboxylic acids is 2. The first-order chi connectivity index (χ1) is 17.8. The normalized spacial score (nSPS) is 17.1. The minimum absolute atomic E-state index is 0.0346. The molecule has 1 aliphatic rings. The van der Waals surface area contributed by atoms with Gasteiger partial charge in [-0.2, -0.15) is 0 Å². The van der Waals surface area contributed by atoms with Crippen LogP contribution in [0.3, 0.4) is 0 Å². The third-order valence-electron chi connectivity index (χ3n) is 6.74. The summed E-state index contributed by atoms with van der Waals surface area (Å²) in [5.74, 6) is 0.181. The molecule has 2 heterocycles. The summed E-state index contributed by atoms with van der Waals surface area (Å²) in [7, 11) is 0. The molecule has 1 atom stereocenters. The van der Waals surface area contributed by atoms with Crippen molar-refractivity contribution in [3.63, 3.8) is 0 Å². The molecular weight excluding hydrogens is 468 g/mol. The summed E-state index contributed by atoms with van der Waals surface area (Å²) in [5, 5.41) is 11.3. The van der Waals surface area contributed by atoms with E-state index in [4.69, 9.17) is 9.15 Å². The van der Waals surface area contributed by atoms with E-state index >= 15 is 0 Å². The van der Waals surface area contributed by atoms with Crippen molar-refractivity contribution in [1.29, 1.82) is 0 Å². The van der Waals surface area contributed by atoms with Crippen LogP contribution in [0.2, 0.25) is 0 Å². The Morgan fingerprint density at radius 3 is 2.38 bits per heavy atom. The highest BCUT2D eigenvalue weighted by Crippen LogP contribution is 2.40. The number of furan rings is 1. The van der Waals surface area contributed by atoms with E-state index in [9.17, 15) is 14.7 Å². The fraction of sp³-hybridized carbons (Fsp3) is 0.333. The maximum Gasteiger partial charge on any atom is 0.295 e. The topological polar surface area (TPSA) is 83.2 Å². The Hall–Kier alpha value is -3.84. The van der Waals surface area contributed by atoms with E-state index in [1.807, 2.05) is 25.1 Å². The molecule has 3 aromatic rings. The number of aliphatic hydroxyl groups is 1. The van der Waals surface area contributed by atoms with Gasteiger partial charge in [0.25, 0.3) is 11.7 Å². The van der Waals surface area contributed by atoms with E-state index in [0.717, 1.165) is 24.2 Å². The molecule has 37 heavy (non-hydrogen) atoms. The van der Waals surface area contributed by atoms with E-state index in [1.165, 1.54) is 4.90 Å². The van der Waals surface area contributed by atoms with E-state index in [2.05, 4.69) is 24.8 Å². The monoisotopic (exact) mass is 502 g/mol. The van der Waals surface area contributed by atoms with E-state index in [-0.39, 0.29) is 11.3 Å². The van der Waals surface area contributed by atoms with Gasteiger partial charge in [0.15, 0.2) is 0 Å². The maximum atomic E-state index is 13.2. The van der Waals surface area contributed by atoms with Crippen LogP contribution in [0.4, 0.5) is 0 Å². The zero-order valence-corrected chi connectivity index (χ0v) is 21.9. The van der Waals surface area contributed by atoms with Gasteiger partial charge in [-0.15, -0.1) is 0 Å². The predicted octanol–water partition coefficient (Wildman–Crippen LogP) is 5.24. The van der Waals surface area contributed by atoms with Gasteiger partial charge in [-0.25, -0.2) is 0 Å². The predicted molar refractivity (Wildman–Crippen MR) is 142 cm³/mol. The molecule has 2 aromatic carbocycles. The molecule has 0 radical (unpaired) electrons. The van der Waals surface area contributed by atoms with Gasteiger partial charge in [0.2, 0.25) is 0 Å². The number of hydrogen-bond acceptors (Lipinski definition) is 6. The van der Waals surface area contributed by atoms with Gasteiger partial charge < -0.3 is 24.1 Å². The van der Waals surface area contributed by atoms with E-state index < -0.39 is 17.7 Å². The van der Waals surface area contributed by atoms with Crippen molar-refractivity contribution in [2.45, 2.75) is 40.3 Å². The summed E-state index contributed by atoms with van der Waals surface area (Å²) in [6, 6.07) is 17.7. The highest BCUT2D eigenvalue weighted by atomic mass is 16.5. The van der Waals surface area contributed by atoms with Gasteiger partial charge in [0, 0.05) is 18.7 Å². The zero-order valence-electron chi connectivity index (χ0n) is 21.9. The van der Waals surface area contributed by atoms with Crippen molar-refractivity contribution in [3.8, 4) is 5.75 Å². The molecule has 4 rings (SSSR count). The lowest BCUT2D eigenvalue weighted by Gasteiger charge is -2.26. The first-order valence-electron chi connectivity index (χ1n) is 12.7. The van der Waals surface area contributed by atoms with Crippen molar-refractivity contribution in [2.24, 2.45) is 0 Å². The number of ether oxygens (including phenoxy) is 1. The number of aryl methyl sites for hydroxylation is 2. The Morgan fingerprint density at radius 1 is 1.03 bits per heavy atom. The summed E-state index contributed by atoms with van der Waals surface area (Å²) in [6.45, 7) is 11.0. The van der Waals surface area contributed by atoms with Crippen molar-refractivity contribution in [2.75, 3.05) is 26.2 Å². The number of hydrogen-bond donors (Lipinski definition) is 1. The smallest absolute Gasteiger partial charge is 0.295 e. The van der Waals surface area contributed by atoms with Gasteiger partial charge in [0.1, 0.15) is 35.7 Å². The quantitative estimate of drug-likeness (QED) is 0.232. The molecule has 7 heteroatoms. The minimum Gasteiger partial charge on any atom is -0.507 e. The van der Waals surface area contributed by atoms with Crippen molar-refractivity contribution >= 4 is 17.4 Å². The van der Waals surface area contributed by atoms with Crippen LogP contribution in [0.25, 0.3) is 5.76 Å². The van der Waals surface area contributed by atoms with Crippen LogP contribution in [0, 0.1) is 13.8 Å². The second-order valence-corrected chi connectivity index (χ2v) is 9.27. The number of likely N-dealkylation sites (N-methyl/N-ethyl adjacent to an activating group) is 1. The maximum absolute atomic E-state index is 13.2. The number of amides is 1. The molecule has 0 aliphatic carbocycles. The van der Waals surface area contributed by atoms with Crippen molar-refractivity contribution in [3.05, 3.63) is 94.4 Å². The Kier molecular flexibility index (Phi) is 8.14. The fourth-order valence-corrected chi connectivity index (χ4v) is 4.63. The summed E-state index contributed by atoms with van der Waals surface area (Å²) >= 11 is 0. The fourth-order valence-electron chi connectivity index (χ4n) is 4.63. The number of ketones is 1. The van der Waals surface area contributed by atoms with Gasteiger partial charge in [0.05, 0.1) is 5.57 Å². The Morgan fingerprint density at radius 2 is 1.76 bits per heavy atom. The number of carbonyl (C=O) groups is 2. The van der Waals surface area contributed by atoms with Crippen molar-refractivity contribution < 1.29 is 23.8 Å². The van der Waals surface area contributed by atoms with Crippen LogP contribution < -0.4 is 4.74 Å². The molecule has 0 saturated carbocycles. The molecule has 0 unspecified atom stereocenters. The SMILES string of the molecule is CCN(CC)CCN1C(=O)C(=O)/C(=C(/O)c2ccc(OCc3cccc(C)c3)cc2)[C@@H]1c1ccc(C)o1. The lowest BCUT2D eigenvalue weighted by molar-refractivity contribution is -0.140. The highest BCUT2D eigenvalue weighted by molar-refractivity contribution is 6.46. The average Bonchev–Trinajstić information content (AvgIpc) is 3.44. The molecule has 1 aromatic heterocycles. The highest BCUT2D eigenvalue weighted by Gasteiger charge is 2.47. The zero-order chi connectivity index (χ0) is 26.5. The van der Waals surface area contributed by atoms with E-state index in [1.54, 1.807) is 43.3 Å². The van der Waals surface area contributed by atoms with Gasteiger partial charge in [-0.05, 0) is 68.9 Å². The summed E-state index contributed by atoms with van der Waals surface area (Å²) in [5.41, 5.74) is 2.69. The largest absolute Gasteiger partial charge is 0.507 e. The summed E-state index contributed by atoms with van der Waals surface area (Å²) in [4.78, 5) is 29.9. The Labute approximate surface area is 218 Å². The van der Waals surface area contributed by atoms with Crippen LogP contribution in [0.15, 0.2) is 70.7 Å². The van der Waals surface area contributed by atoms with Gasteiger partial charge in [-0.1, -0.05) is 43.7 Å². The van der Waals surface area contributed by atoms with Crippen LogP contribution >= 0.6 is 0 Å². The van der Waals surface area contributed by atoms with Crippen molar-refractivity contribution in [1.82, 2.24) is 9.80 Å². The standard InChI is InChI=1S/C30H34N2O5/c1-5-31(6-2)16-17-32-27(25-15-10-21(4)37-25)26(29(34)30(32)35)28(33)23-11-13-24(14-12-23)36-19-22-9-7-8-20(3)18-22/h7-15,18,27,33H,5-6,16-17,19H2,1-4H3/b28-26+/t27-/m0/s1. The summed E-state index contributed by atoms with van der Waals surface area (Å²) in [6.07, 6.45) is 0. The number of likely N-dealkylation sites (tertiary alicyclic amines) is 1. The second-order valence-electron chi connectivity index (χ2n) is 9.27. The third-order valence-corrected chi connectivity index (χ3v) is 6.74. The lowest BCUT2D eigenvalue weighted by Crippen LogP contribution is -2.37. The lowest BCUT2D eigenvalue weighted by atomic mass is 9.99. The molecule has 1 saturated heterocycles. The molecule has 1 N–H and O–H groups in total. The molecule has 1 fully saturated rings. The second kappa shape index (κ2) is 11.5. The summed E-state index contributed by atoms with van der Waals surface area (Å²) < 4.78 is 11.7. The van der Waals surface area contributed by atoms with Crippen LogP contribution in [0.5, 0.6) is 5.75 Å². The number of Topliss-reactive ketones (excluding diaryl/α,β-unsaturated/α-hetero) is 1. The van der Waals surface area contributed by atoms with Crippen LogP contribution in [0.1, 0.15) is 48.1 Å². The van der Waals surface area contributed by atoms with Gasteiger partial charge in [-0.3, -0.25) is 9.59 Å². The molecule has 1 aliphatic heterocycles. The number of benzene rings is 2.